The topological polar surface area (TPSA) is 84.7 Å². The molecule has 3 heterocycles. The second kappa shape index (κ2) is 5.84. The average Bonchev–Trinajstić information content (AvgIpc) is 3.05. The molecule has 3 aliphatic rings. The number of nitrogens with one attached hydrogen (secondary N) is 1. The van der Waals surface area contributed by atoms with Crippen LogP contribution in [0.3, 0.4) is 0 Å². The van der Waals surface area contributed by atoms with Crippen molar-refractivity contribution in [3.63, 3.8) is 0 Å². The van der Waals surface area contributed by atoms with Crippen molar-refractivity contribution in [1.29, 1.82) is 0 Å². The van der Waals surface area contributed by atoms with E-state index >= 15 is 0 Å². The predicted octanol–water partition coefficient (Wildman–Crippen LogP) is 0.512. The van der Waals surface area contributed by atoms with Crippen molar-refractivity contribution >= 4 is 10.0 Å². The van der Waals surface area contributed by atoms with E-state index in [1.807, 2.05) is 13.0 Å². The van der Waals surface area contributed by atoms with Crippen LogP contribution >= 0.6 is 0 Å². The Morgan fingerprint density at radius 1 is 1.39 bits per heavy atom. The van der Waals surface area contributed by atoms with E-state index in [0.29, 0.717) is 19.1 Å². The van der Waals surface area contributed by atoms with Crippen molar-refractivity contribution in [2.75, 3.05) is 26.2 Å². The highest BCUT2D eigenvalue weighted by Gasteiger charge is 2.44. The fraction of sp³-hybridized carbons (Fsp3) is 0.800. The van der Waals surface area contributed by atoms with Gasteiger partial charge in [0.1, 0.15) is 5.76 Å². The zero-order valence-electron chi connectivity index (χ0n) is 13.3. The Labute approximate surface area is 136 Å². The molecule has 3 atom stereocenters. The van der Waals surface area contributed by atoms with Gasteiger partial charge in [-0.1, -0.05) is 5.16 Å². The van der Waals surface area contributed by atoms with Gasteiger partial charge in [0.05, 0.1) is 23.7 Å². The Balaban J connectivity index is 1.32. The first-order valence-corrected chi connectivity index (χ1v) is 9.80. The highest BCUT2D eigenvalue weighted by molar-refractivity contribution is 7.90. The highest BCUT2D eigenvalue weighted by Crippen LogP contribution is 2.34. The first-order valence-electron chi connectivity index (χ1n) is 8.26. The molecule has 0 aromatic carbocycles. The minimum absolute atomic E-state index is 0.156. The van der Waals surface area contributed by atoms with Gasteiger partial charge in [0, 0.05) is 44.1 Å². The van der Waals surface area contributed by atoms with Gasteiger partial charge in [-0.3, -0.25) is 4.90 Å². The number of aryl methyl sites for hydroxylation is 1. The van der Waals surface area contributed by atoms with Crippen LogP contribution in [0.15, 0.2) is 10.6 Å². The number of hydrogen-bond donors (Lipinski definition) is 1. The third kappa shape index (κ3) is 3.31. The van der Waals surface area contributed by atoms with E-state index in [-0.39, 0.29) is 17.3 Å². The molecule has 7 nitrogen and oxygen atoms in total. The molecule has 0 spiro atoms. The van der Waals surface area contributed by atoms with Crippen LogP contribution in [-0.4, -0.2) is 56.1 Å². The van der Waals surface area contributed by atoms with Gasteiger partial charge >= 0.3 is 0 Å². The van der Waals surface area contributed by atoms with E-state index in [4.69, 9.17) is 9.26 Å². The molecule has 1 N–H and O–H groups in total. The highest BCUT2D eigenvalue weighted by atomic mass is 32.2. The summed E-state index contributed by atoms with van der Waals surface area (Å²) in [6.45, 7) is 5.60. The van der Waals surface area contributed by atoms with Crippen molar-refractivity contribution in [2.45, 2.75) is 37.7 Å². The predicted molar refractivity (Wildman–Crippen MR) is 83.2 cm³/mol. The molecule has 8 heteroatoms. The summed E-state index contributed by atoms with van der Waals surface area (Å²) < 4.78 is 37.7. The van der Waals surface area contributed by atoms with Crippen LogP contribution in [-0.2, 0) is 21.3 Å². The van der Waals surface area contributed by atoms with Gasteiger partial charge in [-0.2, -0.15) is 0 Å². The minimum Gasteiger partial charge on any atom is -0.376 e. The summed E-state index contributed by atoms with van der Waals surface area (Å²) >= 11 is 0. The molecule has 0 radical (unpaired) electrons. The number of sulfonamides is 1. The molecule has 128 valence electrons. The molecule has 1 aliphatic carbocycles. The maximum Gasteiger partial charge on any atom is 0.214 e. The van der Waals surface area contributed by atoms with E-state index in [9.17, 15) is 8.42 Å². The molecule has 4 rings (SSSR count). The molecule has 1 saturated carbocycles. The third-order valence-corrected chi connectivity index (χ3v) is 7.00. The van der Waals surface area contributed by atoms with E-state index in [2.05, 4.69) is 14.8 Å². The fourth-order valence-corrected chi connectivity index (χ4v) is 5.10. The van der Waals surface area contributed by atoms with Crippen LogP contribution in [0.2, 0.25) is 0 Å². The second-order valence-electron chi connectivity index (χ2n) is 7.01. The zero-order valence-corrected chi connectivity index (χ0v) is 14.1. The maximum absolute atomic E-state index is 12.0. The molecule has 1 aromatic rings. The van der Waals surface area contributed by atoms with E-state index in [1.165, 1.54) is 0 Å². The monoisotopic (exact) mass is 341 g/mol. The molecule has 2 aliphatic heterocycles. The number of nitrogens with zero attached hydrogens (tertiary/aromatic N) is 2. The van der Waals surface area contributed by atoms with E-state index in [0.717, 1.165) is 43.9 Å². The molecule has 3 fully saturated rings. The lowest BCUT2D eigenvalue weighted by atomic mass is 9.93. The maximum atomic E-state index is 12.0. The Kier molecular flexibility index (Phi) is 3.95. The summed E-state index contributed by atoms with van der Waals surface area (Å²) in [6, 6.07) is 1.95. The largest absolute Gasteiger partial charge is 0.376 e. The number of ether oxygens (including phenoxy) is 1. The minimum atomic E-state index is -3.10. The number of hydrogen-bond acceptors (Lipinski definition) is 6. The van der Waals surface area contributed by atoms with Crippen LogP contribution in [0.25, 0.3) is 0 Å². The molecule has 0 bridgehead atoms. The zero-order chi connectivity index (χ0) is 16.0. The SMILES string of the molecule is Cc1cc(CN2C[C@@H]3[C@H](CNS(=O)(=O)C4CC4)CO[C@@H]3C2)no1. The first-order chi connectivity index (χ1) is 11.0. The van der Waals surface area contributed by atoms with Gasteiger partial charge in [-0.25, -0.2) is 13.1 Å². The Morgan fingerprint density at radius 2 is 2.22 bits per heavy atom. The molecular weight excluding hydrogens is 318 g/mol. The lowest BCUT2D eigenvalue weighted by molar-refractivity contribution is 0.0938. The van der Waals surface area contributed by atoms with E-state index < -0.39 is 10.0 Å². The number of fused-ring (bicyclic) bond motifs is 1. The number of rotatable bonds is 6. The van der Waals surface area contributed by atoms with Crippen LogP contribution in [0.5, 0.6) is 0 Å². The van der Waals surface area contributed by atoms with Crippen LogP contribution in [0.4, 0.5) is 0 Å². The van der Waals surface area contributed by atoms with Gasteiger partial charge in [0.25, 0.3) is 0 Å². The summed E-state index contributed by atoms with van der Waals surface area (Å²) in [4.78, 5) is 2.31. The normalized spacial score (nSPS) is 31.6. The fourth-order valence-electron chi connectivity index (χ4n) is 3.66. The van der Waals surface area contributed by atoms with Crippen LogP contribution < -0.4 is 4.72 Å². The van der Waals surface area contributed by atoms with E-state index in [1.54, 1.807) is 0 Å². The average molecular weight is 341 g/mol. The summed E-state index contributed by atoms with van der Waals surface area (Å²) in [7, 11) is -3.10. The molecule has 2 saturated heterocycles. The smallest absolute Gasteiger partial charge is 0.214 e. The van der Waals surface area contributed by atoms with Crippen molar-refractivity contribution in [3.8, 4) is 0 Å². The Bertz CT molecular complexity index is 670. The van der Waals surface area contributed by atoms with Gasteiger partial charge in [0.2, 0.25) is 10.0 Å². The molecule has 23 heavy (non-hydrogen) atoms. The number of likely N-dealkylation sites (tertiary alicyclic amines) is 1. The lowest BCUT2D eigenvalue weighted by Gasteiger charge is -2.19. The molecular formula is C15H23N3O4S. The standard InChI is InChI=1S/C15H23N3O4S/c1-10-4-12(17-22-10)6-18-7-14-11(9-21-15(14)8-18)5-16-23(19,20)13-2-3-13/h4,11,13-16H,2-3,5-9H2,1H3/t11-,14-,15-/m1/s1. The van der Waals surface area contributed by atoms with Crippen molar-refractivity contribution < 1.29 is 17.7 Å². The molecule has 0 amide bonds. The summed E-state index contributed by atoms with van der Waals surface area (Å²) in [5.74, 6) is 1.48. The first kappa shape index (κ1) is 15.6. The van der Waals surface area contributed by atoms with Crippen LogP contribution in [0, 0.1) is 18.8 Å². The van der Waals surface area contributed by atoms with Crippen LogP contribution in [0.1, 0.15) is 24.3 Å². The molecule has 0 unspecified atom stereocenters. The van der Waals surface area contributed by atoms with Gasteiger partial charge < -0.3 is 9.26 Å². The van der Waals surface area contributed by atoms with Crippen molar-refractivity contribution in [2.24, 2.45) is 11.8 Å². The number of aromatic nitrogens is 1. The summed E-state index contributed by atoms with van der Waals surface area (Å²) in [6.07, 6.45) is 1.80. The Morgan fingerprint density at radius 3 is 2.91 bits per heavy atom. The molecule has 1 aromatic heterocycles. The van der Waals surface area contributed by atoms with Gasteiger partial charge in [0.15, 0.2) is 0 Å². The third-order valence-electron chi connectivity index (χ3n) is 5.09. The van der Waals surface area contributed by atoms with Crippen molar-refractivity contribution in [1.82, 2.24) is 14.8 Å². The van der Waals surface area contributed by atoms with Gasteiger partial charge in [-0.05, 0) is 19.8 Å². The van der Waals surface area contributed by atoms with Gasteiger partial charge in [-0.15, -0.1) is 0 Å². The second-order valence-corrected chi connectivity index (χ2v) is 9.06. The van der Waals surface area contributed by atoms with Crippen molar-refractivity contribution in [3.05, 3.63) is 17.5 Å². The summed E-state index contributed by atoms with van der Waals surface area (Å²) in [5.41, 5.74) is 0.938. The summed E-state index contributed by atoms with van der Waals surface area (Å²) in [5, 5.41) is 3.88. The Hall–Kier alpha value is -0.960. The lowest BCUT2D eigenvalue weighted by Crippen LogP contribution is -2.35. The quantitative estimate of drug-likeness (QED) is 0.812.